The number of carbonyl (C=O) groups is 1. The Morgan fingerprint density at radius 3 is 2.78 bits per heavy atom. The second-order valence-corrected chi connectivity index (χ2v) is 6.63. The van der Waals surface area contributed by atoms with Gasteiger partial charge in [-0.1, -0.05) is 24.3 Å². The largest absolute Gasteiger partial charge is 0.340 e. The zero-order chi connectivity index (χ0) is 15.8. The van der Waals surface area contributed by atoms with E-state index in [0.29, 0.717) is 5.56 Å². The number of imidazole rings is 1. The van der Waals surface area contributed by atoms with Crippen LogP contribution in [0.25, 0.3) is 11.0 Å². The summed E-state index contributed by atoms with van der Waals surface area (Å²) in [5.74, 6) is 0.935. The van der Waals surface area contributed by atoms with Gasteiger partial charge in [0.2, 0.25) is 0 Å². The number of amides is 1. The molecule has 1 aliphatic rings. The smallest absolute Gasteiger partial charge is 0.255 e. The fourth-order valence-corrected chi connectivity index (χ4v) is 3.67. The Kier molecular flexibility index (Phi) is 3.65. The number of H-pyrrole nitrogens is 1. The minimum absolute atomic E-state index is 0.0157. The number of nitrogens with zero attached hydrogens (tertiary/aromatic N) is 2. The van der Waals surface area contributed by atoms with E-state index in [9.17, 15) is 4.79 Å². The molecule has 2 aromatic carbocycles. The SMILES string of the molecule is O=C(c1ccccc1Br)N1CCCC1c1nc2ccccc2[nH]1. The van der Waals surface area contributed by atoms with E-state index >= 15 is 0 Å². The molecular weight excluding hydrogens is 354 g/mol. The van der Waals surface area contributed by atoms with Crippen molar-refractivity contribution in [1.29, 1.82) is 0 Å². The molecule has 1 aromatic heterocycles. The number of hydrogen-bond acceptors (Lipinski definition) is 2. The van der Waals surface area contributed by atoms with E-state index in [1.807, 2.05) is 53.4 Å². The fraction of sp³-hybridized carbons (Fsp3) is 0.222. The number of fused-ring (bicyclic) bond motifs is 1. The molecular formula is C18H16BrN3O. The van der Waals surface area contributed by atoms with Crippen molar-refractivity contribution in [2.75, 3.05) is 6.54 Å². The van der Waals surface area contributed by atoms with Crippen molar-refractivity contribution in [2.24, 2.45) is 0 Å². The van der Waals surface area contributed by atoms with Crippen molar-refractivity contribution in [3.05, 3.63) is 64.4 Å². The van der Waals surface area contributed by atoms with Gasteiger partial charge in [0.15, 0.2) is 0 Å². The van der Waals surface area contributed by atoms with Crippen LogP contribution in [-0.4, -0.2) is 27.3 Å². The van der Waals surface area contributed by atoms with Crippen LogP contribution in [0.15, 0.2) is 53.0 Å². The van der Waals surface area contributed by atoms with Crippen molar-refractivity contribution < 1.29 is 4.79 Å². The highest BCUT2D eigenvalue weighted by atomic mass is 79.9. The summed E-state index contributed by atoms with van der Waals surface area (Å²) in [4.78, 5) is 22.9. The average Bonchev–Trinajstić information content (AvgIpc) is 3.21. The van der Waals surface area contributed by atoms with Crippen molar-refractivity contribution in [3.8, 4) is 0 Å². The Bertz CT molecular complexity index is 840. The first-order valence-corrected chi connectivity index (χ1v) is 8.53. The summed E-state index contributed by atoms with van der Waals surface area (Å²) in [7, 11) is 0. The number of aromatic nitrogens is 2. The van der Waals surface area contributed by atoms with Crippen LogP contribution >= 0.6 is 15.9 Å². The molecule has 1 unspecified atom stereocenters. The fourth-order valence-electron chi connectivity index (χ4n) is 3.21. The molecule has 1 aliphatic heterocycles. The topological polar surface area (TPSA) is 49.0 Å². The Morgan fingerprint density at radius 1 is 1.17 bits per heavy atom. The van der Waals surface area contributed by atoms with Gasteiger partial charge in [-0.05, 0) is 53.0 Å². The Balaban J connectivity index is 1.69. The molecule has 23 heavy (non-hydrogen) atoms. The van der Waals surface area contributed by atoms with Gasteiger partial charge in [-0.3, -0.25) is 4.79 Å². The number of hydrogen-bond donors (Lipinski definition) is 1. The van der Waals surface area contributed by atoms with Crippen LogP contribution in [-0.2, 0) is 0 Å². The van der Waals surface area contributed by atoms with E-state index in [2.05, 4.69) is 25.9 Å². The molecule has 0 spiro atoms. The van der Waals surface area contributed by atoms with Crippen LogP contribution < -0.4 is 0 Å². The Hall–Kier alpha value is -2.14. The number of aromatic amines is 1. The third-order valence-electron chi connectivity index (χ3n) is 4.34. The summed E-state index contributed by atoms with van der Waals surface area (Å²) in [6, 6.07) is 15.6. The van der Waals surface area contributed by atoms with Gasteiger partial charge in [-0.15, -0.1) is 0 Å². The zero-order valence-electron chi connectivity index (χ0n) is 12.5. The lowest BCUT2D eigenvalue weighted by atomic mass is 10.1. The van der Waals surface area contributed by atoms with Gasteiger partial charge in [0, 0.05) is 11.0 Å². The normalized spacial score (nSPS) is 17.8. The molecule has 0 radical (unpaired) electrons. The number of likely N-dealkylation sites (tertiary alicyclic amines) is 1. The number of para-hydroxylation sites is 2. The molecule has 1 amide bonds. The number of carbonyl (C=O) groups excluding carboxylic acids is 1. The number of halogens is 1. The van der Waals surface area contributed by atoms with E-state index < -0.39 is 0 Å². The van der Waals surface area contributed by atoms with Gasteiger partial charge in [0.25, 0.3) is 5.91 Å². The summed E-state index contributed by atoms with van der Waals surface area (Å²) in [5, 5.41) is 0. The average molecular weight is 370 g/mol. The number of nitrogens with one attached hydrogen (secondary N) is 1. The third-order valence-corrected chi connectivity index (χ3v) is 5.03. The first kappa shape index (κ1) is 14.5. The van der Waals surface area contributed by atoms with Gasteiger partial charge in [0.1, 0.15) is 5.82 Å². The predicted molar refractivity (Wildman–Crippen MR) is 93.2 cm³/mol. The van der Waals surface area contributed by atoms with Gasteiger partial charge >= 0.3 is 0 Å². The van der Waals surface area contributed by atoms with E-state index in [1.54, 1.807) is 0 Å². The molecule has 1 saturated heterocycles. The van der Waals surface area contributed by atoms with Crippen LogP contribution in [0.1, 0.15) is 35.1 Å². The predicted octanol–water partition coefficient (Wildman–Crippen LogP) is 4.30. The Morgan fingerprint density at radius 2 is 1.96 bits per heavy atom. The molecule has 2 heterocycles. The minimum Gasteiger partial charge on any atom is -0.340 e. The van der Waals surface area contributed by atoms with Crippen molar-refractivity contribution in [1.82, 2.24) is 14.9 Å². The molecule has 0 bridgehead atoms. The molecule has 4 rings (SSSR count). The summed E-state index contributed by atoms with van der Waals surface area (Å²) in [5.41, 5.74) is 2.67. The minimum atomic E-state index is 0.0157. The molecule has 1 fully saturated rings. The zero-order valence-corrected chi connectivity index (χ0v) is 14.1. The molecule has 0 saturated carbocycles. The van der Waals surface area contributed by atoms with E-state index in [-0.39, 0.29) is 11.9 Å². The van der Waals surface area contributed by atoms with Crippen molar-refractivity contribution in [2.45, 2.75) is 18.9 Å². The van der Waals surface area contributed by atoms with Crippen LogP contribution in [0, 0.1) is 0 Å². The first-order chi connectivity index (χ1) is 11.2. The molecule has 0 aliphatic carbocycles. The van der Waals surface area contributed by atoms with Gasteiger partial charge in [-0.25, -0.2) is 4.98 Å². The van der Waals surface area contributed by atoms with Crippen molar-refractivity contribution in [3.63, 3.8) is 0 Å². The lowest BCUT2D eigenvalue weighted by molar-refractivity contribution is 0.0729. The second-order valence-electron chi connectivity index (χ2n) is 5.78. The maximum atomic E-state index is 12.9. The van der Waals surface area contributed by atoms with Crippen LogP contribution in [0.2, 0.25) is 0 Å². The number of benzene rings is 2. The van der Waals surface area contributed by atoms with E-state index in [4.69, 9.17) is 0 Å². The quantitative estimate of drug-likeness (QED) is 0.731. The van der Waals surface area contributed by atoms with E-state index in [0.717, 1.165) is 40.7 Å². The molecule has 1 N–H and O–H groups in total. The molecule has 3 aromatic rings. The first-order valence-electron chi connectivity index (χ1n) is 7.74. The monoisotopic (exact) mass is 369 g/mol. The summed E-state index contributed by atoms with van der Waals surface area (Å²) in [6.45, 7) is 0.766. The van der Waals surface area contributed by atoms with Crippen molar-refractivity contribution >= 4 is 32.9 Å². The summed E-state index contributed by atoms with van der Waals surface area (Å²) in [6.07, 6.45) is 1.94. The van der Waals surface area contributed by atoms with Crippen LogP contribution in [0.3, 0.4) is 0 Å². The maximum absolute atomic E-state index is 12.9. The van der Waals surface area contributed by atoms with Gasteiger partial charge in [-0.2, -0.15) is 0 Å². The lowest BCUT2D eigenvalue weighted by Gasteiger charge is -2.23. The molecule has 116 valence electrons. The summed E-state index contributed by atoms with van der Waals surface area (Å²) < 4.78 is 0.834. The van der Waals surface area contributed by atoms with Gasteiger partial charge in [0.05, 0.1) is 22.6 Å². The Labute approximate surface area is 142 Å². The maximum Gasteiger partial charge on any atom is 0.255 e. The summed E-state index contributed by atoms with van der Waals surface area (Å²) >= 11 is 3.48. The van der Waals surface area contributed by atoms with Gasteiger partial charge < -0.3 is 9.88 Å². The highest BCUT2D eigenvalue weighted by Gasteiger charge is 2.33. The third kappa shape index (κ3) is 2.55. The van der Waals surface area contributed by atoms with Crippen LogP contribution in [0.4, 0.5) is 0 Å². The molecule has 4 nitrogen and oxygen atoms in total. The lowest BCUT2D eigenvalue weighted by Crippen LogP contribution is -2.31. The second kappa shape index (κ2) is 5.81. The van der Waals surface area contributed by atoms with E-state index in [1.165, 1.54) is 0 Å². The molecule has 5 heteroatoms. The highest BCUT2D eigenvalue weighted by Crippen LogP contribution is 2.33. The van der Waals surface area contributed by atoms with Crippen LogP contribution in [0.5, 0.6) is 0 Å². The standard InChI is InChI=1S/C18H16BrN3O/c19-13-7-2-1-6-12(13)18(23)22-11-5-10-16(22)17-20-14-8-3-4-9-15(14)21-17/h1-4,6-9,16H,5,10-11H2,(H,20,21). The number of rotatable bonds is 2. The highest BCUT2D eigenvalue weighted by molar-refractivity contribution is 9.10. The molecule has 1 atom stereocenters.